The third-order valence-electron chi connectivity index (χ3n) is 3.05. The summed E-state index contributed by atoms with van der Waals surface area (Å²) in [5.41, 5.74) is 7.44. The molecule has 1 aliphatic carbocycles. The van der Waals surface area contributed by atoms with Crippen molar-refractivity contribution in [3.8, 4) is 5.75 Å². The van der Waals surface area contributed by atoms with Crippen molar-refractivity contribution in [1.82, 2.24) is 0 Å². The second kappa shape index (κ2) is 3.62. The van der Waals surface area contributed by atoms with Crippen LogP contribution in [0.3, 0.4) is 0 Å². The van der Waals surface area contributed by atoms with Gasteiger partial charge in [-0.15, -0.1) is 0 Å². The normalized spacial score (nSPS) is 15.2. The maximum atomic E-state index is 13.8. The second-order valence-corrected chi connectivity index (χ2v) is 4.63. The Morgan fingerprint density at radius 2 is 2.06 bits per heavy atom. The number of ether oxygens (including phenoxy) is 1. The molecule has 0 radical (unpaired) electrons. The van der Waals surface area contributed by atoms with Gasteiger partial charge in [0.2, 0.25) is 0 Å². The largest absolute Gasteiger partial charge is 0.487 e. The number of nitrogens with two attached hydrogens (primary N) is 1. The number of hydrogen-bond donors (Lipinski definition) is 1. The van der Waals surface area contributed by atoms with E-state index in [4.69, 9.17) is 10.5 Å². The fourth-order valence-corrected chi connectivity index (χ4v) is 2.11. The minimum atomic E-state index is -0.294. The van der Waals surface area contributed by atoms with Gasteiger partial charge in [0.05, 0.1) is 6.10 Å². The van der Waals surface area contributed by atoms with Gasteiger partial charge in [-0.2, -0.15) is 0 Å². The quantitative estimate of drug-likeness (QED) is 0.804. The fourth-order valence-electron chi connectivity index (χ4n) is 2.11. The molecule has 0 aliphatic heterocycles. The van der Waals surface area contributed by atoms with Gasteiger partial charge in [-0.25, -0.2) is 4.39 Å². The number of benzene rings is 2. The number of fused-ring (bicyclic) bond motifs is 1. The van der Waals surface area contributed by atoms with Crippen molar-refractivity contribution in [3.05, 3.63) is 35.6 Å². The van der Waals surface area contributed by atoms with Crippen LogP contribution in [-0.4, -0.2) is 6.10 Å². The van der Waals surface area contributed by atoms with Gasteiger partial charge in [0, 0.05) is 11.1 Å². The fraction of sp³-hybridized carbons (Fsp3) is 0.286. The van der Waals surface area contributed by atoms with E-state index in [1.807, 2.05) is 19.1 Å². The highest BCUT2D eigenvalue weighted by Crippen LogP contribution is 2.36. The van der Waals surface area contributed by atoms with E-state index in [1.165, 1.54) is 6.07 Å². The van der Waals surface area contributed by atoms with Crippen LogP contribution >= 0.6 is 0 Å². The molecule has 0 spiro atoms. The van der Waals surface area contributed by atoms with E-state index >= 15 is 0 Å². The average Bonchev–Trinajstić information content (AvgIpc) is 3.06. The predicted molar refractivity (Wildman–Crippen MR) is 66.7 cm³/mol. The summed E-state index contributed by atoms with van der Waals surface area (Å²) in [5, 5.41) is 1.77. The van der Waals surface area contributed by atoms with E-state index in [0.717, 1.165) is 29.2 Å². The first-order valence-corrected chi connectivity index (χ1v) is 5.80. The van der Waals surface area contributed by atoms with Crippen molar-refractivity contribution in [1.29, 1.82) is 0 Å². The van der Waals surface area contributed by atoms with Crippen LogP contribution in [-0.2, 0) is 0 Å². The summed E-state index contributed by atoms with van der Waals surface area (Å²) in [4.78, 5) is 0. The summed E-state index contributed by atoms with van der Waals surface area (Å²) in [7, 11) is 0. The highest BCUT2D eigenvalue weighted by Gasteiger charge is 2.26. The van der Waals surface area contributed by atoms with Crippen LogP contribution in [0.4, 0.5) is 10.1 Å². The lowest BCUT2D eigenvalue weighted by Crippen LogP contribution is -2.00. The molecule has 3 heteroatoms. The van der Waals surface area contributed by atoms with Gasteiger partial charge in [0.1, 0.15) is 0 Å². The Hall–Kier alpha value is -1.77. The van der Waals surface area contributed by atoms with Crippen LogP contribution in [0.15, 0.2) is 24.3 Å². The molecule has 2 aromatic rings. The molecule has 2 aromatic carbocycles. The van der Waals surface area contributed by atoms with E-state index in [-0.39, 0.29) is 11.9 Å². The topological polar surface area (TPSA) is 35.2 Å². The van der Waals surface area contributed by atoms with Crippen LogP contribution in [0, 0.1) is 12.7 Å². The summed E-state index contributed by atoms with van der Waals surface area (Å²) in [6, 6.07) is 6.88. The maximum Gasteiger partial charge on any atom is 0.165 e. The van der Waals surface area contributed by atoms with Crippen LogP contribution in [0.25, 0.3) is 10.8 Å². The molecule has 0 atom stereocenters. The number of rotatable bonds is 2. The maximum absolute atomic E-state index is 13.8. The van der Waals surface area contributed by atoms with Gasteiger partial charge >= 0.3 is 0 Å². The molecule has 2 nitrogen and oxygen atoms in total. The monoisotopic (exact) mass is 231 g/mol. The smallest absolute Gasteiger partial charge is 0.165 e. The standard InChI is InChI=1S/C14H14FNO/c1-8-6-10(16)7-9-2-5-12(15)14(13(8)9)17-11-3-4-11/h2,5-7,11H,3-4,16H2,1H3. The molecule has 0 saturated heterocycles. The second-order valence-electron chi connectivity index (χ2n) is 4.63. The SMILES string of the molecule is Cc1cc(N)cc2ccc(F)c(OC3CC3)c12. The van der Waals surface area contributed by atoms with E-state index in [9.17, 15) is 4.39 Å². The lowest BCUT2D eigenvalue weighted by Gasteiger charge is -2.12. The molecule has 0 unspecified atom stereocenters. The van der Waals surface area contributed by atoms with Crippen molar-refractivity contribution in [2.75, 3.05) is 5.73 Å². The van der Waals surface area contributed by atoms with E-state index in [1.54, 1.807) is 6.07 Å². The van der Waals surface area contributed by atoms with Crippen molar-refractivity contribution in [2.45, 2.75) is 25.9 Å². The molecular weight excluding hydrogens is 217 g/mol. The van der Waals surface area contributed by atoms with Gasteiger partial charge in [-0.05, 0) is 48.9 Å². The third-order valence-corrected chi connectivity index (χ3v) is 3.05. The molecule has 0 amide bonds. The van der Waals surface area contributed by atoms with Gasteiger partial charge in [-0.3, -0.25) is 0 Å². The molecule has 0 heterocycles. The number of hydrogen-bond acceptors (Lipinski definition) is 2. The highest BCUT2D eigenvalue weighted by molar-refractivity contribution is 5.93. The van der Waals surface area contributed by atoms with Gasteiger partial charge < -0.3 is 10.5 Å². The lowest BCUT2D eigenvalue weighted by molar-refractivity contribution is 0.291. The third kappa shape index (κ3) is 1.82. The Kier molecular flexibility index (Phi) is 2.21. The number of anilines is 1. The van der Waals surface area contributed by atoms with Crippen LogP contribution in [0.1, 0.15) is 18.4 Å². The van der Waals surface area contributed by atoms with Crippen molar-refractivity contribution in [2.24, 2.45) is 0 Å². The molecule has 0 bridgehead atoms. The van der Waals surface area contributed by atoms with Crippen LogP contribution in [0.2, 0.25) is 0 Å². The molecule has 2 N–H and O–H groups in total. The zero-order valence-electron chi connectivity index (χ0n) is 9.66. The van der Waals surface area contributed by atoms with E-state index in [0.29, 0.717) is 11.4 Å². The zero-order valence-corrected chi connectivity index (χ0v) is 9.66. The van der Waals surface area contributed by atoms with Crippen LogP contribution < -0.4 is 10.5 Å². The summed E-state index contributed by atoms with van der Waals surface area (Å²) in [6.07, 6.45) is 2.22. The number of halogens is 1. The van der Waals surface area contributed by atoms with E-state index in [2.05, 4.69) is 0 Å². The van der Waals surface area contributed by atoms with Gasteiger partial charge in [0.25, 0.3) is 0 Å². The molecule has 3 rings (SSSR count). The Balaban J connectivity index is 2.25. The number of nitrogen functional groups attached to an aromatic ring is 1. The lowest BCUT2D eigenvalue weighted by atomic mass is 10.0. The Labute approximate surface area is 99.2 Å². The highest BCUT2D eigenvalue weighted by atomic mass is 19.1. The van der Waals surface area contributed by atoms with Gasteiger partial charge in [0.15, 0.2) is 11.6 Å². The average molecular weight is 231 g/mol. The molecular formula is C14H14FNO. The molecule has 1 fully saturated rings. The van der Waals surface area contributed by atoms with Crippen LogP contribution in [0.5, 0.6) is 5.75 Å². The first-order valence-electron chi connectivity index (χ1n) is 5.80. The summed E-state index contributed by atoms with van der Waals surface area (Å²) in [5.74, 6) is 0.0831. The van der Waals surface area contributed by atoms with Gasteiger partial charge in [-0.1, -0.05) is 6.07 Å². The van der Waals surface area contributed by atoms with Crippen molar-refractivity contribution < 1.29 is 9.13 Å². The zero-order chi connectivity index (χ0) is 12.0. The summed E-state index contributed by atoms with van der Waals surface area (Å²) >= 11 is 0. The van der Waals surface area contributed by atoms with Crippen molar-refractivity contribution >= 4 is 16.5 Å². The Bertz CT molecular complexity index is 590. The Morgan fingerprint density at radius 3 is 2.76 bits per heavy atom. The number of aryl methyl sites for hydroxylation is 1. The first kappa shape index (κ1) is 10.4. The first-order chi connectivity index (χ1) is 8.15. The Morgan fingerprint density at radius 1 is 1.29 bits per heavy atom. The minimum Gasteiger partial charge on any atom is -0.487 e. The molecule has 17 heavy (non-hydrogen) atoms. The molecule has 1 aliphatic rings. The summed E-state index contributed by atoms with van der Waals surface area (Å²) in [6.45, 7) is 1.93. The molecule has 88 valence electrons. The molecule has 1 saturated carbocycles. The van der Waals surface area contributed by atoms with E-state index < -0.39 is 0 Å². The summed E-state index contributed by atoms with van der Waals surface area (Å²) < 4.78 is 19.5. The van der Waals surface area contributed by atoms with Crippen molar-refractivity contribution in [3.63, 3.8) is 0 Å². The minimum absolute atomic E-state index is 0.187. The predicted octanol–water partition coefficient (Wildman–Crippen LogP) is 3.41. The molecule has 0 aromatic heterocycles.